The monoisotopic (exact) mass is 376 g/mol. The van der Waals surface area contributed by atoms with E-state index in [4.69, 9.17) is 15.2 Å². The summed E-state index contributed by atoms with van der Waals surface area (Å²) in [6.07, 6.45) is 1.35. The molecular weight excluding hydrogens is 348 g/mol. The van der Waals surface area contributed by atoms with Crippen molar-refractivity contribution in [1.29, 1.82) is 0 Å². The Morgan fingerprint density at radius 1 is 1.30 bits per heavy atom. The smallest absolute Gasteiger partial charge is 0.248 e. The molecule has 2 fully saturated rings. The second kappa shape index (κ2) is 8.69. The number of carbonyl (C=O) groups is 2. The fraction of sp³-hybridized carbons (Fsp3) is 0.579. The van der Waals surface area contributed by atoms with Crippen molar-refractivity contribution in [3.8, 4) is 5.75 Å². The van der Waals surface area contributed by atoms with Gasteiger partial charge in [-0.25, -0.2) is 5.43 Å². The van der Waals surface area contributed by atoms with Crippen molar-refractivity contribution in [1.82, 2.24) is 16.2 Å². The lowest BCUT2D eigenvalue weighted by molar-refractivity contribution is -0.126. The third kappa shape index (κ3) is 4.58. The molecule has 2 amide bonds. The second-order valence-electron chi connectivity index (χ2n) is 7.16. The van der Waals surface area contributed by atoms with Gasteiger partial charge >= 0.3 is 0 Å². The standard InChI is InChI=1S/C19H28N4O4/c1-3-14-11(2)17(23-22-14)19(25)21-15-8-9-26-10-16(15)27-13-6-4-12(5-7-13)18(20)24/h4-7,11,14-17,22-23H,3,8-10H2,1-2H3,(H2,20,24)(H,21,25)/t11?,14?,15-,16-,17?/m1/s1. The van der Waals surface area contributed by atoms with Gasteiger partial charge in [0.2, 0.25) is 11.8 Å². The van der Waals surface area contributed by atoms with Gasteiger partial charge in [0.05, 0.1) is 12.6 Å². The van der Waals surface area contributed by atoms with Gasteiger partial charge in [0, 0.05) is 18.2 Å². The van der Waals surface area contributed by atoms with E-state index in [0.717, 1.165) is 6.42 Å². The zero-order valence-corrected chi connectivity index (χ0v) is 15.7. The molecule has 0 aromatic heterocycles. The first-order chi connectivity index (χ1) is 13.0. The maximum atomic E-state index is 12.7. The third-order valence-electron chi connectivity index (χ3n) is 5.37. The van der Waals surface area contributed by atoms with E-state index in [1.165, 1.54) is 0 Å². The highest BCUT2D eigenvalue weighted by atomic mass is 16.5. The summed E-state index contributed by atoms with van der Waals surface area (Å²) in [6, 6.07) is 6.51. The number of rotatable bonds is 6. The molecule has 8 heteroatoms. The van der Waals surface area contributed by atoms with Gasteiger partial charge in [0.25, 0.3) is 0 Å². The summed E-state index contributed by atoms with van der Waals surface area (Å²) in [5, 5.41) is 3.12. The number of carbonyl (C=O) groups excluding carboxylic acids is 2. The molecule has 0 radical (unpaired) electrons. The summed E-state index contributed by atoms with van der Waals surface area (Å²) in [4.78, 5) is 23.9. The first-order valence-electron chi connectivity index (χ1n) is 9.45. The summed E-state index contributed by atoms with van der Waals surface area (Å²) in [5.74, 6) is 0.297. The number of ether oxygens (including phenoxy) is 2. The lowest BCUT2D eigenvalue weighted by atomic mass is 9.94. The maximum Gasteiger partial charge on any atom is 0.248 e. The predicted molar refractivity (Wildman–Crippen MR) is 100 cm³/mol. The van der Waals surface area contributed by atoms with Crippen molar-refractivity contribution in [2.24, 2.45) is 11.7 Å². The summed E-state index contributed by atoms with van der Waals surface area (Å²) in [6.45, 7) is 5.15. The number of nitrogens with two attached hydrogens (primary N) is 1. The number of benzene rings is 1. The van der Waals surface area contributed by atoms with Gasteiger partial charge in [-0.3, -0.25) is 15.0 Å². The fourth-order valence-corrected chi connectivity index (χ4v) is 3.61. The van der Waals surface area contributed by atoms with Crippen molar-refractivity contribution in [2.75, 3.05) is 13.2 Å². The van der Waals surface area contributed by atoms with E-state index in [1.807, 2.05) is 0 Å². The van der Waals surface area contributed by atoms with Gasteiger partial charge in [-0.1, -0.05) is 13.8 Å². The van der Waals surface area contributed by atoms with Gasteiger partial charge in [0.1, 0.15) is 17.9 Å². The fourth-order valence-electron chi connectivity index (χ4n) is 3.61. The highest BCUT2D eigenvalue weighted by Crippen LogP contribution is 2.20. The lowest BCUT2D eigenvalue weighted by Gasteiger charge is -2.33. The van der Waals surface area contributed by atoms with Crippen LogP contribution in [0.25, 0.3) is 0 Å². The second-order valence-corrected chi connectivity index (χ2v) is 7.16. The van der Waals surface area contributed by atoms with Crippen LogP contribution in [0.3, 0.4) is 0 Å². The van der Waals surface area contributed by atoms with Crippen LogP contribution in [-0.2, 0) is 9.53 Å². The number of hydrogen-bond acceptors (Lipinski definition) is 6. The summed E-state index contributed by atoms with van der Waals surface area (Å²) >= 11 is 0. The SMILES string of the molecule is CCC1NNC(C(=O)N[C@@H]2CCOC[C@H]2Oc2ccc(C(N)=O)cc2)C1C. The first-order valence-corrected chi connectivity index (χ1v) is 9.45. The minimum Gasteiger partial charge on any atom is -0.486 e. The zero-order chi connectivity index (χ0) is 19.4. The molecule has 27 heavy (non-hydrogen) atoms. The van der Waals surface area contributed by atoms with Crippen molar-refractivity contribution in [3.63, 3.8) is 0 Å². The van der Waals surface area contributed by atoms with Crippen LogP contribution in [0.4, 0.5) is 0 Å². The molecule has 148 valence electrons. The van der Waals surface area contributed by atoms with E-state index >= 15 is 0 Å². The Morgan fingerprint density at radius 3 is 2.67 bits per heavy atom. The van der Waals surface area contributed by atoms with E-state index in [1.54, 1.807) is 24.3 Å². The highest BCUT2D eigenvalue weighted by Gasteiger charge is 2.38. The molecule has 0 saturated carbocycles. The number of amides is 2. The normalized spacial score (nSPS) is 30.7. The Hall–Kier alpha value is -2.16. The van der Waals surface area contributed by atoms with Gasteiger partial charge in [-0.2, -0.15) is 0 Å². The van der Waals surface area contributed by atoms with Crippen LogP contribution in [0, 0.1) is 5.92 Å². The molecule has 5 atom stereocenters. The molecule has 0 spiro atoms. The Labute approximate surface area is 159 Å². The van der Waals surface area contributed by atoms with Crippen LogP contribution in [0.5, 0.6) is 5.75 Å². The van der Waals surface area contributed by atoms with Crippen molar-refractivity contribution < 1.29 is 19.1 Å². The molecule has 1 aromatic rings. The van der Waals surface area contributed by atoms with Crippen molar-refractivity contribution >= 4 is 11.8 Å². The molecule has 2 saturated heterocycles. The van der Waals surface area contributed by atoms with Crippen LogP contribution in [0.2, 0.25) is 0 Å². The Balaban J connectivity index is 1.61. The molecule has 0 bridgehead atoms. The van der Waals surface area contributed by atoms with E-state index in [2.05, 4.69) is 30.0 Å². The molecule has 8 nitrogen and oxygen atoms in total. The van der Waals surface area contributed by atoms with E-state index in [9.17, 15) is 9.59 Å². The van der Waals surface area contributed by atoms with Gasteiger partial charge in [0.15, 0.2) is 0 Å². The average molecular weight is 376 g/mol. The number of hydrogen-bond donors (Lipinski definition) is 4. The Kier molecular flexibility index (Phi) is 6.30. The molecule has 2 heterocycles. The molecule has 0 aliphatic carbocycles. The molecule has 3 unspecified atom stereocenters. The quantitative estimate of drug-likeness (QED) is 0.569. The first kappa shape index (κ1) is 19.6. The third-order valence-corrected chi connectivity index (χ3v) is 5.37. The predicted octanol–water partition coefficient (Wildman–Crippen LogP) is 0.329. The van der Waals surface area contributed by atoms with Crippen molar-refractivity contribution in [3.05, 3.63) is 29.8 Å². The van der Waals surface area contributed by atoms with Crippen molar-refractivity contribution in [2.45, 2.75) is 50.9 Å². The topological polar surface area (TPSA) is 115 Å². The largest absolute Gasteiger partial charge is 0.486 e. The van der Waals surface area contributed by atoms with E-state index in [-0.39, 0.29) is 36.1 Å². The Bertz CT molecular complexity index is 666. The highest BCUT2D eigenvalue weighted by molar-refractivity contribution is 5.92. The number of hydrazine groups is 1. The zero-order valence-electron chi connectivity index (χ0n) is 15.7. The lowest BCUT2D eigenvalue weighted by Crippen LogP contribution is -2.56. The van der Waals surface area contributed by atoms with E-state index in [0.29, 0.717) is 30.9 Å². The average Bonchev–Trinajstić information content (AvgIpc) is 3.04. The summed E-state index contributed by atoms with van der Waals surface area (Å²) < 4.78 is 11.5. The number of primary amides is 1. The molecular formula is C19H28N4O4. The van der Waals surface area contributed by atoms with Gasteiger partial charge in [-0.15, -0.1) is 0 Å². The van der Waals surface area contributed by atoms with Crippen LogP contribution >= 0.6 is 0 Å². The maximum absolute atomic E-state index is 12.7. The van der Waals surface area contributed by atoms with Crippen LogP contribution in [0.1, 0.15) is 37.0 Å². The van der Waals surface area contributed by atoms with Crippen LogP contribution in [0.15, 0.2) is 24.3 Å². The molecule has 5 N–H and O–H groups in total. The molecule has 3 rings (SSSR count). The minimum atomic E-state index is -0.482. The van der Waals surface area contributed by atoms with E-state index < -0.39 is 5.91 Å². The minimum absolute atomic E-state index is 0.0319. The Morgan fingerprint density at radius 2 is 2.04 bits per heavy atom. The number of nitrogens with one attached hydrogen (secondary N) is 3. The van der Waals surface area contributed by atoms with Crippen LogP contribution in [-0.4, -0.2) is 49.3 Å². The van der Waals surface area contributed by atoms with Crippen LogP contribution < -0.4 is 26.6 Å². The van der Waals surface area contributed by atoms with Gasteiger partial charge in [-0.05, 0) is 43.0 Å². The van der Waals surface area contributed by atoms with Gasteiger partial charge < -0.3 is 20.5 Å². The molecule has 2 aliphatic rings. The summed E-state index contributed by atoms with van der Waals surface area (Å²) in [5.41, 5.74) is 12.0. The molecule has 2 aliphatic heterocycles. The summed E-state index contributed by atoms with van der Waals surface area (Å²) in [7, 11) is 0. The molecule has 1 aromatic carbocycles.